The van der Waals surface area contributed by atoms with Crippen LogP contribution in [0.3, 0.4) is 0 Å². The summed E-state index contributed by atoms with van der Waals surface area (Å²) in [6, 6.07) is 6.50. The number of carbonyl (C=O) groups is 1. The van der Waals surface area contributed by atoms with Gasteiger partial charge in [-0.2, -0.15) is 4.57 Å². The highest BCUT2D eigenvalue weighted by molar-refractivity contribution is 5.93. The van der Waals surface area contributed by atoms with Crippen molar-refractivity contribution in [1.29, 1.82) is 0 Å². The zero-order chi connectivity index (χ0) is 17.1. The second kappa shape index (κ2) is 6.18. The fourth-order valence-corrected chi connectivity index (χ4v) is 2.00. The van der Waals surface area contributed by atoms with Crippen molar-refractivity contribution in [2.24, 2.45) is 0 Å². The van der Waals surface area contributed by atoms with Crippen LogP contribution < -0.4 is 4.57 Å². The highest BCUT2D eigenvalue weighted by Gasteiger charge is 2.27. The Morgan fingerprint density at radius 1 is 1.13 bits per heavy atom. The van der Waals surface area contributed by atoms with E-state index in [1.54, 1.807) is 26.2 Å². The summed E-state index contributed by atoms with van der Waals surface area (Å²) in [7, 11) is 3.18. The largest absolute Gasteiger partial charge is 0.347 e. The maximum absolute atomic E-state index is 12.0. The predicted octanol–water partition coefficient (Wildman–Crippen LogP) is 1.48. The van der Waals surface area contributed by atoms with E-state index in [0.717, 1.165) is 6.07 Å². The van der Waals surface area contributed by atoms with E-state index in [9.17, 15) is 25.0 Å². The zero-order valence-electron chi connectivity index (χ0n) is 12.4. The Kier molecular flexibility index (Phi) is 4.30. The molecule has 23 heavy (non-hydrogen) atoms. The number of benzene rings is 1. The number of nitro benzene ring substituents is 2. The van der Waals surface area contributed by atoms with Gasteiger partial charge in [0.05, 0.1) is 9.85 Å². The third-order valence-electron chi connectivity index (χ3n) is 3.10. The van der Waals surface area contributed by atoms with E-state index in [1.807, 2.05) is 0 Å². The highest BCUT2D eigenvalue weighted by Crippen LogP contribution is 2.24. The molecule has 0 saturated heterocycles. The Morgan fingerprint density at radius 3 is 2.39 bits per heavy atom. The average molecular weight is 317 g/mol. The molecule has 0 aliphatic carbocycles. The maximum Gasteiger partial charge on any atom is 0.347 e. The molecule has 1 aromatic carbocycles. The average Bonchev–Trinajstić information content (AvgIpc) is 2.53. The Labute approximate surface area is 130 Å². The second-order valence-corrected chi connectivity index (χ2v) is 4.89. The molecular formula is C14H13N4O5+. The maximum atomic E-state index is 12.0. The summed E-state index contributed by atoms with van der Waals surface area (Å²) >= 11 is 0. The van der Waals surface area contributed by atoms with Gasteiger partial charge in [-0.05, 0) is 6.07 Å². The molecule has 2 aromatic rings. The van der Waals surface area contributed by atoms with Crippen molar-refractivity contribution in [2.45, 2.75) is 0 Å². The van der Waals surface area contributed by atoms with Gasteiger partial charge < -0.3 is 4.90 Å². The normalized spacial score (nSPS) is 10.2. The molecule has 0 bridgehead atoms. The van der Waals surface area contributed by atoms with Crippen molar-refractivity contribution in [1.82, 2.24) is 4.90 Å². The topological polar surface area (TPSA) is 110 Å². The van der Waals surface area contributed by atoms with Crippen molar-refractivity contribution >= 4 is 17.3 Å². The minimum Gasteiger partial charge on any atom is -0.345 e. The summed E-state index contributed by atoms with van der Waals surface area (Å²) in [6.45, 7) is 0. The Morgan fingerprint density at radius 2 is 1.83 bits per heavy atom. The number of nitrogens with zero attached hydrogens (tertiary/aromatic N) is 4. The molecule has 0 saturated carbocycles. The lowest BCUT2D eigenvalue weighted by Crippen LogP contribution is -2.33. The van der Waals surface area contributed by atoms with E-state index in [-0.39, 0.29) is 17.3 Å². The number of aromatic nitrogens is 1. The van der Waals surface area contributed by atoms with Gasteiger partial charge in [0.25, 0.3) is 17.3 Å². The first-order valence-electron chi connectivity index (χ1n) is 6.47. The third kappa shape index (κ3) is 3.28. The quantitative estimate of drug-likeness (QED) is 0.482. The predicted molar refractivity (Wildman–Crippen MR) is 79.3 cm³/mol. The van der Waals surface area contributed by atoms with Gasteiger partial charge in [0.1, 0.15) is 11.6 Å². The van der Waals surface area contributed by atoms with E-state index < -0.39 is 15.5 Å². The van der Waals surface area contributed by atoms with Gasteiger partial charge in [0.15, 0.2) is 12.4 Å². The molecule has 1 amide bonds. The molecule has 9 nitrogen and oxygen atoms in total. The molecule has 0 N–H and O–H groups in total. The van der Waals surface area contributed by atoms with Crippen molar-refractivity contribution in [3.63, 3.8) is 0 Å². The second-order valence-electron chi connectivity index (χ2n) is 4.89. The molecule has 118 valence electrons. The Hall–Kier alpha value is -3.36. The lowest BCUT2D eigenvalue weighted by molar-refractivity contribution is -0.601. The number of pyridine rings is 1. The summed E-state index contributed by atoms with van der Waals surface area (Å²) in [4.78, 5) is 33.9. The first kappa shape index (κ1) is 16.0. The number of nitro groups is 2. The molecule has 2 rings (SSSR count). The fourth-order valence-electron chi connectivity index (χ4n) is 2.00. The summed E-state index contributed by atoms with van der Waals surface area (Å²) in [5, 5.41) is 22.0. The fraction of sp³-hybridized carbons (Fsp3) is 0.143. The van der Waals surface area contributed by atoms with Gasteiger partial charge in [-0.25, -0.2) is 0 Å². The van der Waals surface area contributed by atoms with E-state index in [1.165, 1.54) is 34.0 Å². The van der Waals surface area contributed by atoms with Crippen LogP contribution in [0.15, 0.2) is 42.7 Å². The smallest absolute Gasteiger partial charge is 0.345 e. The molecule has 0 unspecified atom stereocenters. The van der Waals surface area contributed by atoms with Gasteiger partial charge in [0, 0.05) is 32.3 Å². The van der Waals surface area contributed by atoms with Crippen molar-refractivity contribution in [3.05, 3.63) is 68.5 Å². The van der Waals surface area contributed by atoms with Gasteiger partial charge in [-0.3, -0.25) is 25.0 Å². The first-order chi connectivity index (χ1) is 10.8. The van der Waals surface area contributed by atoms with Crippen LogP contribution in [0.5, 0.6) is 0 Å². The van der Waals surface area contributed by atoms with Gasteiger partial charge >= 0.3 is 5.69 Å². The lowest BCUT2D eigenvalue weighted by atomic mass is 10.2. The summed E-state index contributed by atoms with van der Waals surface area (Å²) < 4.78 is 1.39. The van der Waals surface area contributed by atoms with Gasteiger partial charge in [0.2, 0.25) is 0 Å². The molecule has 0 fully saturated rings. The monoisotopic (exact) mass is 317 g/mol. The number of carbonyl (C=O) groups excluding carboxylic acids is 1. The van der Waals surface area contributed by atoms with Crippen LogP contribution in [-0.2, 0) is 0 Å². The van der Waals surface area contributed by atoms with Crippen molar-refractivity contribution in [2.75, 3.05) is 14.1 Å². The first-order valence-corrected chi connectivity index (χ1v) is 6.47. The molecular weight excluding hydrogens is 304 g/mol. The number of rotatable bonds is 4. The number of hydrogen-bond donors (Lipinski definition) is 0. The Bertz CT molecular complexity index is 804. The molecule has 0 radical (unpaired) electrons. The molecule has 0 aliphatic heterocycles. The molecule has 9 heteroatoms. The molecule has 1 aromatic heterocycles. The van der Waals surface area contributed by atoms with Crippen LogP contribution in [0.25, 0.3) is 5.69 Å². The molecule has 1 heterocycles. The van der Waals surface area contributed by atoms with Crippen LogP contribution in [0, 0.1) is 20.2 Å². The molecule has 0 atom stereocenters. The van der Waals surface area contributed by atoms with E-state index >= 15 is 0 Å². The highest BCUT2D eigenvalue weighted by atomic mass is 16.6. The zero-order valence-corrected chi connectivity index (χ0v) is 12.4. The number of hydrogen-bond acceptors (Lipinski definition) is 5. The van der Waals surface area contributed by atoms with Crippen LogP contribution >= 0.6 is 0 Å². The van der Waals surface area contributed by atoms with Crippen LogP contribution in [-0.4, -0.2) is 34.7 Å². The van der Waals surface area contributed by atoms with Crippen LogP contribution in [0.2, 0.25) is 0 Å². The van der Waals surface area contributed by atoms with Crippen molar-refractivity contribution < 1.29 is 19.2 Å². The van der Waals surface area contributed by atoms with Gasteiger partial charge in [-0.15, -0.1) is 0 Å². The number of amides is 1. The summed E-state index contributed by atoms with van der Waals surface area (Å²) in [5.74, 6) is -0.260. The van der Waals surface area contributed by atoms with Crippen molar-refractivity contribution in [3.8, 4) is 5.69 Å². The van der Waals surface area contributed by atoms with Crippen LogP contribution in [0.4, 0.5) is 11.4 Å². The molecule has 0 aliphatic rings. The van der Waals surface area contributed by atoms with Crippen LogP contribution in [0.1, 0.15) is 10.4 Å². The summed E-state index contributed by atoms with van der Waals surface area (Å²) in [6.07, 6.45) is 2.97. The SMILES string of the molecule is CN(C)C(=O)c1ccc[n+](-c2ccc([N+](=O)[O-])cc2[N+](=O)[O-])c1. The van der Waals surface area contributed by atoms with E-state index in [2.05, 4.69) is 0 Å². The summed E-state index contributed by atoms with van der Waals surface area (Å²) in [5.41, 5.74) is -0.320. The van der Waals surface area contributed by atoms with E-state index in [0.29, 0.717) is 5.56 Å². The van der Waals surface area contributed by atoms with Gasteiger partial charge in [-0.1, -0.05) is 0 Å². The Balaban J connectivity index is 2.58. The third-order valence-corrected chi connectivity index (χ3v) is 3.10. The lowest BCUT2D eigenvalue weighted by Gasteiger charge is -2.08. The minimum absolute atomic E-state index is 0.133. The standard InChI is InChI=1S/C14H13N4O5/c1-15(2)14(19)10-4-3-7-16(9-10)12-6-5-11(17(20)21)8-13(12)18(22)23/h3-9H,1-2H3/q+1. The molecule has 0 spiro atoms. The minimum atomic E-state index is -0.701. The number of non-ortho nitro benzene ring substituents is 1. The van der Waals surface area contributed by atoms with E-state index in [4.69, 9.17) is 0 Å².